The summed E-state index contributed by atoms with van der Waals surface area (Å²) < 4.78 is 5.09. The van der Waals surface area contributed by atoms with Gasteiger partial charge in [-0.1, -0.05) is 11.3 Å². The summed E-state index contributed by atoms with van der Waals surface area (Å²) in [4.78, 5) is 9.97. The molecule has 0 unspecified atom stereocenters. The summed E-state index contributed by atoms with van der Waals surface area (Å²) in [7, 11) is 0. The Balaban J connectivity index is 1.63. The lowest BCUT2D eigenvalue weighted by Crippen LogP contribution is -2.19. The third kappa shape index (κ3) is 2.96. The smallest absolute Gasteiger partial charge is 0.398 e. The molecule has 2 heterocycles. The average Bonchev–Trinajstić information content (AvgIpc) is 2.92. The molecule has 8 heteroatoms. The molecule has 1 saturated carbocycles. The molecule has 0 aromatic carbocycles. The SMILES string of the molecule is O=[N+]([O-])c1ccc(-c2nnc(CCNC3CC3)s2)o1. The molecule has 1 N–H and O–H groups in total. The summed E-state index contributed by atoms with van der Waals surface area (Å²) in [5, 5.41) is 23.5. The molecule has 7 nitrogen and oxygen atoms in total. The van der Waals surface area contributed by atoms with Crippen LogP contribution in [0.5, 0.6) is 0 Å². The number of hydrogen-bond donors (Lipinski definition) is 1. The first-order chi connectivity index (χ1) is 9.22. The first-order valence-corrected chi connectivity index (χ1v) is 6.84. The Bertz CT molecular complexity index is 590. The van der Waals surface area contributed by atoms with Crippen LogP contribution in [0, 0.1) is 10.1 Å². The molecule has 3 rings (SSSR count). The monoisotopic (exact) mass is 280 g/mol. The third-order valence-corrected chi connectivity index (χ3v) is 3.80. The van der Waals surface area contributed by atoms with Crippen molar-refractivity contribution in [3.05, 3.63) is 27.3 Å². The van der Waals surface area contributed by atoms with E-state index in [0.717, 1.165) is 18.0 Å². The van der Waals surface area contributed by atoms with Crippen LogP contribution in [0.3, 0.4) is 0 Å². The van der Waals surface area contributed by atoms with Crippen LogP contribution in [0.25, 0.3) is 10.8 Å². The second-order valence-electron chi connectivity index (χ2n) is 4.37. The van der Waals surface area contributed by atoms with Crippen LogP contribution in [0.15, 0.2) is 16.5 Å². The Morgan fingerprint density at radius 3 is 3.00 bits per heavy atom. The van der Waals surface area contributed by atoms with Gasteiger partial charge in [0.25, 0.3) is 0 Å². The molecular formula is C11H12N4O3S. The first-order valence-electron chi connectivity index (χ1n) is 6.03. The Morgan fingerprint density at radius 1 is 1.47 bits per heavy atom. The van der Waals surface area contributed by atoms with Crippen molar-refractivity contribution in [3.63, 3.8) is 0 Å². The zero-order valence-electron chi connectivity index (χ0n) is 10.0. The Labute approximate surface area is 112 Å². The number of rotatable bonds is 6. The summed E-state index contributed by atoms with van der Waals surface area (Å²) in [6, 6.07) is 3.55. The minimum Gasteiger partial charge on any atom is -0.398 e. The average molecular weight is 280 g/mol. The highest BCUT2D eigenvalue weighted by Gasteiger charge is 2.20. The lowest BCUT2D eigenvalue weighted by atomic mass is 10.4. The number of furan rings is 1. The lowest BCUT2D eigenvalue weighted by Gasteiger charge is -1.97. The summed E-state index contributed by atoms with van der Waals surface area (Å²) >= 11 is 1.40. The molecule has 1 aliphatic carbocycles. The van der Waals surface area contributed by atoms with Gasteiger partial charge in [0.15, 0.2) is 10.8 Å². The highest BCUT2D eigenvalue weighted by Crippen LogP contribution is 2.28. The van der Waals surface area contributed by atoms with Crippen LogP contribution in [-0.4, -0.2) is 27.7 Å². The van der Waals surface area contributed by atoms with Gasteiger partial charge in [-0.25, -0.2) is 0 Å². The predicted octanol–water partition coefficient (Wildman–Crippen LogP) is 2.00. The van der Waals surface area contributed by atoms with Crippen LogP contribution in [-0.2, 0) is 6.42 Å². The van der Waals surface area contributed by atoms with Gasteiger partial charge in [-0.2, -0.15) is 0 Å². The van der Waals surface area contributed by atoms with Gasteiger partial charge in [-0.15, -0.1) is 10.2 Å². The maximum atomic E-state index is 10.5. The van der Waals surface area contributed by atoms with E-state index in [1.807, 2.05) is 0 Å². The van der Waals surface area contributed by atoms with Gasteiger partial charge in [0, 0.05) is 19.0 Å². The number of nitro groups is 1. The molecule has 2 aromatic rings. The second kappa shape index (κ2) is 5.06. The number of nitrogens with zero attached hydrogens (tertiary/aromatic N) is 3. The maximum Gasteiger partial charge on any atom is 0.433 e. The minimum atomic E-state index is -0.564. The lowest BCUT2D eigenvalue weighted by molar-refractivity contribution is -0.401. The Kier molecular flexibility index (Phi) is 3.26. The van der Waals surface area contributed by atoms with Gasteiger partial charge in [0.05, 0.1) is 6.07 Å². The van der Waals surface area contributed by atoms with Gasteiger partial charge >= 0.3 is 5.88 Å². The van der Waals surface area contributed by atoms with Gasteiger partial charge in [0.1, 0.15) is 9.93 Å². The number of hydrogen-bond acceptors (Lipinski definition) is 7. The van der Waals surface area contributed by atoms with Crippen molar-refractivity contribution < 1.29 is 9.34 Å². The van der Waals surface area contributed by atoms with Gasteiger partial charge < -0.3 is 9.73 Å². The van der Waals surface area contributed by atoms with Crippen LogP contribution >= 0.6 is 11.3 Å². The fourth-order valence-electron chi connectivity index (χ4n) is 1.67. The summed E-state index contributed by atoms with van der Waals surface area (Å²) in [6.07, 6.45) is 3.34. The van der Waals surface area contributed by atoms with Crippen LogP contribution < -0.4 is 5.32 Å². The van der Waals surface area contributed by atoms with Crippen LogP contribution in [0.4, 0.5) is 5.88 Å². The quantitative estimate of drug-likeness (QED) is 0.642. The summed E-state index contributed by atoms with van der Waals surface area (Å²) in [6.45, 7) is 0.887. The van der Waals surface area contributed by atoms with E-state index in [1.54, 1.807) is 6.07 Å². The van der Waals surface area contributed by atoms with Crippen molar-refractivity contribution in [2.45, 2.75) is 25.3 Å². The second-order valence-corrected chi connectivity index (χ2v) is 5.44. The fraction of sp³-hybridized carbons (Fsp3) is 0.455. The molecule has 0 amide bonds. The minimum absolute atomic E-state index is 0.276. The van der Waals surface area contributed by atoms with E-state index in [2.05, 4.69) is 15.5 Å². The fourth-order valence-corrected chi connectivity index (χ4v) is 2.47. The molecule has 0 radical (unpaired) electrons. The van der Waals surface area contributed by atoms with Crippen molar-refractivity contribution in [2.24, 2.45) is 0 Å². The zero-order valence-corrected chi connectivity index (χ0v) is 10.9. The third-order valence-electron chi connectivity index (χ3n) is 2.80. The van der Waals surface area contributed by atoms with E-state index in [4.69, 9.17) is 4.42 Å². The van der Waals surface area contributed by atoms with E-state index < -0.39 is 4.92 Å². The van der Waals surface area contributed by atoms with Gasteiger partial charge in [0.2, 0.25) is 0 Å². The molecule has 0 spiro atoms. The van der Waals surface area contributed by atoms with Gasteiger partial charge in [-0.05, 0) is 18.9 Å². The van der Waals surface area contributed by atoms with Crippen molar-refractivity contribution in [3.8, 4) is 10.8 Å². The molecule has 0 bridgehead atoms. The Hall–Kier alpha value is -1.80. The van der Waals surface area contributed by atoms with E-state index in [9.17, 15) is 10.1 Å². The molecule has 100 valence electrons. The zero-order chi connectivity index (χ0) is 13.2. The number of aromatic nitrogens is 2. The molecular weight excluding hydrogens is 268 g/mol. The van der Waals surface area contributed by atoms with E-state index in [0.29, 0.717) is 16.8 Å². The topological polar surface area (TPSA) is 94.1 Å². The Morgan fingerprint density at radius 2 is 2.32 bits per heavy atom. The largest absolute Gasteiger partial charge is 0.433 e. The van der Waals surface area contributed by atoms with E-state index in [-0.39, 0.29) is 5.88 Å². The normalized spacial score (nSPS) is 14.7. The number of nitrogens with one attached hydrogen (secondary N) is 1. The predicted molar refractivity (Wildman–Crippen MR) is 69.0 cm³/mol. The summed E-state index contributed by atoms with van der Waals surface area (Å²) in [5.74, 6) is 0.118. The summed E-state index contributed by atoms with van der Waals surface area (Å²) in [5.41, 5.74) is 0. The van der Waals surface area contributed by atoms with Crippen LogP contribution in [0.1, 0.15) is 17.8 Å². The molecule has 0 aliphatic heterocycles. The highest BCUT2D eigenvalue weighted by molar-refractivity contribution is 7.14. The molecule has 0 saturated heterocycles. The molecule has 19 heavy (non-hydrogen) atoms. The molecule has 2 aromatic heterocycles. The first kappa shape index (κ1) is 12.2. The van der Waals surface area contributed by atoms with Crippen molar-refractivity contribution >= 4 is 17.2 Å². The maximum absolute atomic E-state index is 10.5. The van der Waals surface area contributed by atoms with Crippen molar-refractivity contribution in [1.29, 1.82) is 0 Å². The van der Waals surface area contributed by atoms with Crippen molar-refractivity contribution in [1.82, 2.24) is 15.5 Å². The standard InChI is InChI=1S/C11H12N4O3S/c16-15(17)10-4-3-8(18-10)11-14-13-9(19-11)5-6-12-7-1-2-7/h3-4,7,12H,1-2,5-6H2. The van der Waals surface area contributed by atoms with E-state index in [1.165, 1.54) is 30.2 Å². The molecule has 1 aliphatic rings. The van der Waals surface area contributed by atoms with Crippen LogP contribution in [0.2, 0.25) is 0 Å². The van der Waals surface area contributed by atoms with Gasteiger partial charge in [-0.3, -0.25) is 10.1 Å². The highest BCUT2D eigenvalue weighted by atomic mass is 32.1. The molecule has 0 atom stereocenters. The van der Waals surface area contributed by atoms with E-state index >= 15 is 0 Å². The molecule has 1 fully saturated rings. The van der Waals surface area contributed by atoms with Crippen molar-refractivity contribution in [2.75, 3.05) is 6.54 Å².